The zero-order chi connectivity index (χ0) is 20.3. The fourth-order valence-electron chi connectivity index (χ4n) is 4.46. The van der Waals surface area contributed by atoms with Crippen molar-refractivity contribution >= 4 is 21.4 Å². The molecule has 7 heteroatoms. The van der Waals surface area contributed by atoms with E-state index in [0.29, 0.717) is 13.0 Å². The minimum absolute atomic E-state index is 0.0819. The average molecular weight is 409 g/mol. The Bertz CT molecular complexity index is 788. The van der Waals surface area contributed by atoms with Crippen LogP contribution in [0, 0.1) is 6.92 Å². The Labute approximate surface area is 169 Å². The molecule has 28 heavy (non-hydrogen) atoms. The van der Waals surface area contributed by atoms with Gasteiger partial charge in [0.15, 0.2) is 16.4 Å². The van der Waals surface area contributed by atoms with E-state index in [1.165, 1.54) is 16.2 Å². The summed E-state index contributed by atoms with van der Waals surface area (Å²) in [5, 5.41) is 0. The van der Waals surface area contributed by atoms with Gasteiger partial charge in [0.05, 0.1) is 37.7 Å². The minimum Gasteiger partial charge on any atom is -0.360 e. The standard InChI is InChI=1S/C21H33N3O3S/c1-4-18(3)24(19-9-14-28(26,27)16-19)21(25)15-22-10-12-23(13-11-22)20-8-6-5-7-17(20)2/h5-8,18-19H,4,9-16H2,1-3H3/p+1/t18-,19-/m1/s1. The van der Waals surface area contributed by atoms with Gasteiger partial charge in [-0.1, -0.05) is 25.1 Å². The smallest absolute Gasteiger partial charge is 0.278 e. The van der Waals surface area contributed by atoms with Crippen LogP contribution < -0.4 is 9.80 Å². The highest BCUT2D eigenvalue weighted by atomic mass is 32.2. The molecule has 0 saturated carbocycles. The first-order valence-corrected chi connectivity index (χ1v) is 12.3. The normalized spacial score (nSPS) is 23.5. The Balaban J connectivity index is 1.59. The van der Waals surface area contributed by atoms with Crippen molar-refractivity contribution in [3.63, 3.8) is 0 Å². The Morgan fingerprint density at radius 2 is 1.96 bits per heavy atom. The molecule has 1 N–H and O–H groups in total. The molecule has 2 aliphatic heterocycles. The third-order valence-electron chi connectivity index (χ3n) is 6.28. The predicted octanol–water partition coefficient (Wildman–Crippen LogP) is 0.514. The van der Waals surface area contributed by atoms with E-state index in [9.17, 15) is 13.2 Å². The molecule has 3 rings (SSSR count). The second-order valence-corrected chi connectivity index (χ2v) is 10.5. The van der Waals surface area contributed by atoms with Crippen molar-refractivity contribution in [2.75, 3.05) is 49.1 Å². The summed E-state index contributed by atoms with van der Waals surface area (Å²) in [5.41, 5.74) is 2.57. The van der Waals surface area contributed by atoms with E-state index < -0.39 is 9.84 Å². The molecule has 2 atom stereocenters. The zero-order valence-electron chi connectivity index (χ0n) is 17.4. The molecule has 0 spiro atoms. The molecule has 2 heterocycles. The number of hydrogen-bond donors (Lipinski definition) is 1. The van der Waals surface area contributed by atoms with Crippen LogP contribution in [0.4, 0.5) is 5.69 Å². The summed E-state index contributed by atoms with van der Waals surface area (Å²) in [7, 11) is -3.00. The van der Waals surface area contributed by atoms with E-state index in [1.54, 1.807) is 0 Å². The van der Waals surface area contributed by atoms with Crippen molar-refractivity contribution in [2.24, 2.45) is 0 Å². The molecule has 156 valence electrons. The minimum atomic E-state index is -3.00. The molecule has 2 fully saturated rings. The van der Waals surface area contributed by atoms with Gasteiger partial charge in [0.2, 0.25) is 0 Å². The summed E-state index contributed by atoms with van der Waals surface area (Å²) in [6, 6.07) is 8.36. The number of carbonyl (C=O) groups is 1. The molecule has 0 radical (unpaired) electrons. The number of piperazine rings is 1. The van der Waals surface area contributed by atoms with Crippen LogP contribution in [0.3, 0.4) is 0 Å². The number of aryl methyl sites for hydroxylation is 1. The van der Waals surface area contributed by atoms with Crippen LogP contribution in [0.5, 0.6) is 0 Å². The number of quaternary nitrogens is 1. The van der Waals surface area contributed by atoms with Crippen molar-refractivity contribution in [3.8, 4) is 0 Å². The van der Waals surface area contributed by atoms with E-state index in [4.69, 9.17) is 0 Å². The number of nitrogens with zero attached hydrogens (tertiary/aromatic N) is 2. The lowest BCUT2D eigenvalue weighted by Crippen LogP contribution is -3.16. The topological polar surface area (TPSA) is 62.1 Å². The van der Waals surface area contributed by atoms with Crippen molar-refractivity contribution in [2.45, 2.75) is 45.7 Å². The van der Waals surface area contributed by atoms with Gasteiger partial charge in [0.1, 0.15) is 0 Å². The van der Waals surface area contributed by atoms with E-state index in [-0.39, 0.29) is 29.5 Å². The predicted molar refractivity (Wildman–Crippen MR) is 113 cm³/mol. The van der Waals surface area contributed by atoms with Crippen molar-refractivity contribution in [3.05, 3.63) is 29.8 Å². The highest BCUT2D eigenvalue weighted by Gasteiger charge is 2.38. The Morgan fingerprint density at radius 1 is 1.29 bits per heavy atom. The lowest BCUT2D eigenvalue weighted by Gasteiger charge is -2.37. The second kappa shape index (κ2) is 8.82. The SMILES string of the molecule is CC[C@@H](C)N(C(=O)C[NH+]1CCN(c2ccccc2C)CC1)[C@@H]1CCS(=O)(=O)C1. The van der Waals surface area contributed by atoms with Crippen LogP contribution in [0.25, 0.3) is 0 Å². The molecule has 1 aromatic rings. The maximum Gasteiger partial charge on any atom is 0.278 e. The van der Waals surface area contributed by atoms with Crippen molar-refractivity contribution in [1.82, 2.24) is 4.90 Å². The molecule has 0 bridgehead atoms. The fourth-order valence-corrected chi connectivity index (χ4v) is 6.18. The highest BCUT2D eigenvalue weighted by Crippen LogP contribution is 2.21. The second-order valence-electron chi connectivity index (χ2n) is 8.32. The molecule has 2 aliphatic rings. The average Bonchev–Trinajstić information content (AvgIpc) is 3.02. The Hall–Kier alpha value is -1.60. The number of carbonyl (C=O) groups excluding carboxylic acids is 1. The number of nitrogens with one attached hydrogen (secondary N) is 1. The molecular weight excluding hydrogens is 374 g/mol. The van der Waals surface area contributed by atoms with Gasteiger partial charge in [-0.2, -0.15) is 0 Å². The number of benzene rings is 1. The number of anilines is 1. The summed E-state index contributed by atoms with van der Waals surface area (Å²) < 4.78 is 23.8. The van der Waals surface area contributed by atoms with Crippen LogP contribution in [0.1, 0.15) is 32.3 Å². The van der Waals surface area contributed by atoms with E-state index >= 15 is 0 Å². The van der Waals surface area contributed by atoms with Crippen LogP contribution in [-0.4, -0.2) is 75.5 Å². The number of rotatable bonds is 6. The van der Waals surface area contributed by atoms with Crippen LogP contribution in [0.2, 0.25) is 0 Å². The number of para-hydroxylation sites is 1. The largest absolute Gasteiger partial charge is 0.360 e. The summed E-state index contributed by atoms with van der Waals surface area (Å²) in [5.74, 6) is 0.440. The summed E-state index contributed by atoms with van der Waals surface area (Å²) in [6.07, 6.45) is 1.42. The maximum atomic E-state index is 13.1. The first-order valence-electron chi connectivity index (χ1n) is 10.5. The fraction of sp³-hybridized carbons (Fsp3) is 0.667. The highest BCUT2D eigenvalue weighted by molar-refractivity contribution is 7.91. The number of sulfone groups is 1. The quantitative estimate of drug-likeness (QED) is 0.745. The third-order valence-corrected chi connectivity index (χ3v) is 8.03. The summed E-state index contributed by atoms with van der Waals surface area (Å²) in [4.78, 5) is 18.7. The van der Waals surface area contributed by atoms with Gasteiger partial charge < -0.3 is 14.7 Å². The summed E-state index contributed by atoms with van der Waals surface area (Å²) in [6.45, 7) is 10.4. The van der Waals surface area contributed by atoms with E-state index in [2.05, 4.69) is 43.0 Å². The molecule has 0 aliphatic carbocycles. The molecule has 2 saturated heterocycles. The lowest BCUT2D eigenvalue weighted by atomic mass is 10.1. The zero-order valence-corrected chi connectivity index (χ0v) is 18.2. The molecule has 0 aromatic heterocycles. The molecule has 1 amide bonds. The van der Waals surface area contributed by atoms with Gasteiger partial charge in [-0.05, 0) is 38.3 Å². The van der Waals surface area contributed by atoms with Crippen molar-refractivity contribution in [1.29, 1.82) is 0 Å². The van der Waals surface area contributed by atoms with Gasteiger partial charge in [0.25, 0.3) is 5.91 Å². The van der Waals surface area contributed by atoms with Gasteiger partial charge in [-0.3, -0.25) is 4.79 Å². The molecular formula is C21H34N3O3S+. The Kier molecular flexibility index (Phi) is 6.65. The van der Waals surface area contributed by atoms with Gasteiger partial charge in [0, 0.05) is 17.8 Å². The number of amides is 1. The van der Waals surface area contributed by atoms with Gasteiger partial charge in [-0.25, -0.2) is 8.42 Å². The van der Waals surface area contributed by atoms with E-state index in [0.717, 1.165) is 32.6 Å². The molecule has 6 nitrogen and oxygen atoms in total. The van der Waals surface area contributed by atoms with Crippen LogP contribution >= 0.6 is 0 Å². The Morgan fingerprint density at radius 3 is 2.54 bits per heavy atom. The van der Waals surface area contributed by atoms with Crippen LogP contribution in [0.15, 0.2) is 24.3 Å². The first kappa shape index (κ1) is 21.1. The van der Waals surface area contributed by atoms with E-state index in [1.807, 2.05) is 11.8 Å². The van der Waals surface area contributed by atoms with Gasteiger partial charge in [-0.15, -0.1) is 0 Å². The molecule has 1 aromatic carbocycles. The number of hydrogen-bond acceptors (Lipinski definition) is 4. The third kappa shape index (κ3) is 4.87. The maximum absolute atomic E-state index is 13.1. The van der Waals surface area contributed by atoms with Crippen LogP contribution in [-0.2, 0) is 14.6 Å². The summed E-state index contributed by atoms with van der Waals surface area (Å²) >= 11 is 0. The molecule has 0 unspecified atom stereocenters. The monoisotopic (exact) mass is 408 g/mol. The van der Waals surface area contributed by atoms with Gasteiger partial charge >= 0.3 is 0 Å². The van der Waals surface area contributed by atoms with Crippen molar-refractivity contribution < 1.29 is 18.1 Å². The lowest BCUT2D eigenvalue weighted by molar-refractivity contribution is -0.892. The first-order chi connectivity index (χ1) is 13.3.